The fourth-order valence-corrected chi connectivity index (χ4v) is 2.70. The van der Waals surface area contributed by atoms with Gasteiger partial charge < -0.3 is 9.64 Å². The zero-order chi connectivity index (χ0) is 14.0. The molecule has 0 atom stereocenters. The Morgan fingerprint density at radius 1 is 1.00 bits per heavy atom. The van der Waals surface area contributed by atoms with E-state index in [1.807, 2.05) is 0 Å². The van der Waals surface area contributed by atoms with Gasteiger partial charge in [0.25, 0.3) is 0 Å². The maximum atomic E-state index is 6.47. The summed E-state index contributed by atoms with van der Waals surface area (Å²) in [4.78, 5) is 2.53. The molecule has 1 heterocycles. The van der Waals surface area contributed by atoms with Crippen LogP contribution in [0.25, 0.3) is 0 Å². The highest BCUT2D eigenvalue weighted by Crippen LogP contribution is 2.42. The Hall–Kier alpha value is -0.0800. The van der Waals surface area contributed by atoms with E-state index in [9.17, 15) is 0 Å². The van der Waals surface area contributed by atoms with Gasteiger partial charge in [0.2, 0.25) is 0 Å². The molecule has 108 valence electrons. The molecule has 0 N–H and O–H groups in total. The summed E-state index contributed by atoms with van der Waals surface area (Å²) in [5.41, 5.74) is 0.532. The number of nitrogens with zero attached hydrogens (tertiary/aromatic N) is 1. The molecule has 1 saturated heterocycles. The van der Waals surface area contributed by atoms with Gasteiger partial charge in [-0.2, -0.15) is 0 Å². The topological polar surface area (TPSA) is 12.5 Å². The fourth-order valence-electron chi connectivity index (χ4n) is 2.70. The molecule has 0 unspecified atom stereocenters. The summed E-state index contributed by atoms with van der Waals surface area (Å²) >= 11 is 0. The highest BCUT2D eigenvalue weighted by molar-refractivity contribution is 4.97. The Labute approximate surface area is 114 Å². The second-order valence-corrected chi connectivity index (χ2v) is 8.03. The standard InChI is InChI=1S/C16H33NO/c1-8-17-11-9-16(10-12-17,15(5,6)7)18-13-14(2,3)4/h8-13H2,1-7H3. The summed E-state index contributed by atoms with van der Waals surface area (Å²) in [5, 5.41) is 0. The van der Waals surface area contributed by atoms with Crippen LogP contribution in [0.15, 0.2) is 0 Å². The van der Waals surface area contributed by atoms with E-state index in [0.717, 1.165) is 6.61 Å². The smallest absolute Gasteiger partial charge is 0.0755 e. The zero-order valence-corrected chi connectivity index (χ0v) is 13.6. The molecule has 0 saturated carbocycles. The number of ether oxygens (including phenoxy) is 1. The molecule has 0 spiro atoms. The van der Waals surface area contributed by atoms with Gasteiger partial charge in [0.05, 0.1) is 12.2 Å². The van der Waals surface area contributed by atoms with Crippen molar-refractivity contribution in [3.8, 4) is 0 Å². The van der Waals surface area contributed by atoms with Crippen LogP contribution in [-0.4, -0.2) is 36.7 Å². The van der Waals surface area contributed by atoms with Crippen LogP contribution in [-0.2, 0) is 4.74 Å². The molecule has 0 aromatic carbocycles. The first-order valence-electron chi connectivity index (χ1n) is 7.46. The molecular weight excluding hydrogens is 222 g/mol. The number of rotatable bonds is 3. The van der Waals surface area contributed by atoms with Crippen LogP contribution in [0.5, 0.6) is 0 Å². The van der Waals surface area contributed by atoms with Crippen LogP contribution < -0.4 is 0 Å². The van der Waals surface area contributed by atoms with E-state index in [2.05, 4.69) is 53.4 Å². The predicted molar refractivity (Wildman–Crippen MR) is 78.9 cm³/mol. The third-order valence-corrected chi connectivity index (χ3v) is 4.26. The Morgan fingerprint density at radius 3 is 1.83 bits per heavy atom. The number of piperidine rings is 1. The Morgan fingerprint density at radius 2 is 1.50 bits per heavy atom. The van der Waals surface area contributed by atoms with Crippen molar-refractivity contribution in [2.24, 2.45) is 10.8 Å². The van der Waals surface area contributed by atoms with E-state index in [0.29, 0.717) is 0 Å². The van der Waals surface area contributed by atoms with Crippen LogP contribution in [0.1, 0.15) is 61.3 Å². The third-order valence-electron chi connectivity index (χ3n) is 4.26. The van der Waals surface area contributed by atoms with Gasteiger partial charge in [-0.1, -0.05) is 48.5 Å². The summed E-state index contributed by atoms with van der Waals surface area (Å²) in [7, 11) is 0. The lowest BCUT2D eigenvalue weighted by atomic mass is 9.70. The van der Waals surface area contributed by atoms with E-state index in [1.54, 1.807) is 0 Å². The summed E-state index contributed by atoms with van der Waals surface area (Å²) in [5.74, 6) is 0. The third kappa shape index (κ3) is 3.96. The van der Waals surface area contributed by atoms with Gasteiger partial charge in [-0.25, -0.2) is 0 Å². The minimum Gasteiger partial charge on any atom is -0.374 e. The largest absolute Gasteiger partial charge is 0.374 e. The van der Waals surface area contributed by atoms with Crippen molar-refractivity contribution in [3.63, 3.8) is 0 Å². The van der Waals surface area contributed by atoms with Gasteiger partial charge >= 0.3 is 0 Å². The minimum atomic E-state index is 0.0615. The molecule has 0 aromatic rings. The summed E-state index contributed by atoms with van der Waals surface area (Å²) in [6, 6.07) is 0. The maximum Gasteiger partial charge on any atom is 0.0755 e. The van der Waals surface area contributed by atoms with E-state index in [-0.39, 0.29) is 16.4 Å². The van der Waals surface area contributed by atoms with Gasteiger partial charge in [-0.3, -0.25) is 0 Å². The van der Waals surface area contributed by atoms with Crippen molar-refractivity contribution in [1.29, 1.82) is 0 Å². The van der Waals surface area contributed by atoms with Crippen molar-refractivity contribution in [3.05, 3.63) is 0 Å². The Balaban J connectivity index is 2.73. The first-order chi connectivity index (χ1) is 8.10. The second-order valence-electron chi connectivity index (χ2n) is 8.03. The van der Waals surface area contributed by atoms with Crippen molar-refractivity contribution >= 4 is 0 Å². The molecular formula is C16H33NO. The quantitative estimate of drug-likeness (QED) is 0.757. The molecule has 1 fully saturated rings. The van der Waals surface area contributed by atoms with Gasteiger partial charge in [-0.15, -0.1) is 0 Å². The lowest BCUT2D eigenvalue weighted by molar-refractivity contribution is -0.162. The molecule has 1 aliphatic rings. The molecule has 0 bridgehead atoms. The van der Waals surface area contributed by atoms with Crippen LogP contribution in [0.3, 0.4) is 0 Å². The fraction of sp³-hybridized carbons (Fsp3) is 1.00. The SMILES string of the molecule is CCN1CCC(OCC(C)(C)C)(C(C)(C)C)CC1. The Bertz CT molecular complexity index is 251. The van der Waals surface area contributed by atoms with Gasteiger partial charge in [0, 0.05) is 13.1 Å². The normalized spacial score (nSPS) is 22.2. The van der Waals surface area contributed by atoms with Gasteiger partial charge in [-0.05, 0) is 30.2 Å². The van der Waals surface area contributed by atoms with Crippen molar-refractivity contribution < 1.29 is 4.74 Å². The molecule has 2 heteroatoms. The Kier molecular flexibility index (Phi) is 4.88. The van der Waals surface area contributed by atoms with Gasteiger partial charge in [0.15, 0.2) is 0 Å². The number of likely N-dealkylation sites (tertiary alicyclic amines) is 1. The predicted octanol–water partition coefficient (Wildman–Crippen LogP) is 3.95. The summed E-state index contributed by atoms with van der Waals surface area (Å²) in [6.07, 6.45) is 2.33. The average Bonchev–Trinajstić information content (AvgIpc) is 2.24. The minimum absolute atomic E-state index is 0.0615. The molecule has 2 nitrogen and oxygen atoms in total. The highest BCUT2D eigenvalue weighted by atomic mass is 16.5. The molecule has 1 aliphatic heterocycles. The van der Waals surface area contributed by atoms with Crippen LogP contribution in [0, 0.1) is 10.8 Å². The van der Waals surface area contributed by atoms with Crippen LogP contribution >= 0.6 is 0 Å². The van der Waals surface area contributed by atoms with Crippen LogP contribution in [0.4, 0.5) is 0 Å². The average molecular weight is 255 g/mol. The lowest BCUT2D eigenvalue weighted by Gasteiger charge is -2.50. The number of hydrogen-bond acceptors (Lipinski definition) is 2. The first kappa shape index (κ1) is 16.0. The van der Waals surface area contributed by atoms with E-state index in [4.69, 9.17) is 4.74 Å². The lowest BCUT2D eigenvalue weighted by Crippen LogP contribution is -2.54. The van der Waals surface area contributed by atoms with Crippen molar-refractivity contribution in [1.82, 2.24) is 4.90 Å². The molecule has 0 radical (unpaired) electrons. The summed E-state index contributed by atoms with van der Waals surface area (Å²) < 4.78 is 6.47. The maximum absolute atomic E-state index is 6.47. The van der Waals surface area contributed by atoms with Crippen molar-refractivity contribution in [2.75, 3.05) is 26.2 Å². The van der Waals surface area contributed by atoms with Crippen molar-refractivity contribution in [2.45, 2.75) is 66.9 Å². The highest BCUT2D eigenvalue weighted by Gasteiger charge is 2.45. The molecule has 1 rings (SSSR count). The monoisotopic (exact) mass is 255 g/mol. The van der Waals surface area contributed by atoms with E-state index in [1.165, 1.54) is 32.5 Å². The molecule has 0 aromatic heterocycles. The second kappa shape index (κ2) is 5.50. The van der Waals surface area contributed by atoms with E-state index < -0.39 is 0 Å². The van der Waals surface area contributed by atoms with Crippen LogP contribution in [0.2, 0.25) is 0 Å². The first-order valence-corrected chi connectivity index (χ1v) is 7.46. The molecule has 0 aliphatic carbocycles. The van der Waals surface area contributed by atoms with E-state index >= 15 is 0 Å². The van der Waals surface area contributed by atoms with Gasteiger partial charge in [0.1, 0.15) is 0 Å². The molecule has 0 amide bonds. The number of hydrogen-bond donors (Lipinski definition) is 0. The summed E-state index contributed by atoms with van der Waals surface area (Å²) in [6.45, 7) is 20.4. The zero-order valence-electron chi connectivity index (χ0n) is 13.6. The molecule has 18 heavy (non-hydrogen) atoms.